The van der Waals surface area contributed by atoms with Crippen molar-refractivity contribution >= 4 is 15.8 Å². The Morgan fingerprint density at radius 1 is 1.00 bits per heavy atom. The van der Waals surface area contributed by atoms with E-state index in [1.54, 1.807) is 13.1 Å². The molecular weight excluding hydrogens is 358 g/mol. The highest BCUT2D eigenvalue weighted by molar-refractivity contribution is 7.90. The Morgan fingerprint density at radius 2 is 1.74 bits per heavy atom. The summed E-state index contributed by atoms with van der Waals surface area (Å²) in [4.78, 5) is 4.63. The van der Waals surface area contributed by atoms with Crippen LogP contribution in [-0.4, -0.2) is 34.2 Å². The molecule has 0 amide bonds. The summed E-state index contributed by atoms with van der Waals surface area (Å²) in [6.07, 6.45) is 2.16. The lowest BCUT2D eigenvalue weighted by atomic mass is 10.0. The molecule has 0 heterocycles. The fraction of sp³-hybridized carbons (Fsp3) is 0.381. The van der Waals surface area contributed by atoms with Gasteiger partial charge in [-0.2, -0.15) is 0 Å². The normalized spacial score (nSPS) is 12.1. The Kier molecular flexibility index (Phi) is 7.02. The molecule has 2 aromatic carbocycles. The molecule has 0 bridgehead atoms. The molecule has 0 radical (unpaired) electrons. The van der Waals surface area contributed by atoms with E-state index in [0.29, 0.717) is 11.4 Å². The Hall–Kier alpha value is -2.34. The van der Waals surface area contributed by atoms with Crippen molar-refractivity contribution in [2.24, 2.45) is 4.99 Å². The van der Waals surface area contributed by atoms with Gasteiger partial charge in [0.25, 0.3) is 0 Å². The summed E-state index contributed by atoms with van der Waals surface area (Å²) in [5, 5.41) is 6.59. The molecule has 0 saturated carbocycles. The Balaban J connectivity index is 1.89. The summed E-state index contributed by atoms with van der Waals surface area (Å²) in [7, 11) is -1.45. The van der Waals surface area contributed by atoms with Gasteiger partial charge in [0.1, 0.15) is 0 Å². The smallest absolute Gasteiger partial charge is 0.191 e. The molecule has 0 aromatic heterocycles. The van der Waals surface area contributed by atoms with Crippen LogP contribution in [0.25, 0.3) is 0 Å². The third kappa shape index (κ3) is 6.10. The zero-order chi connectivity index (χ0) is 20.0. The number of hydrogen-bond acceptors (Lipinski definition) is 3. The van der Waals surface area contributed by atoms with Crippen molar-refractivity contribution in [3.8, 4) is 0 Å². The van der Waals surface area contributed by atoms with E-state index in [4.69, 9.17) is 0 Å². The molecule has 0 unspecified atom stereocenters. The Labute approximate surface area is 162 Å². The standard InChI is InChI=1S/C21H29N3O2S/c1-15-6-8-19(16(2)12-15)10-11-23-21(22-4)24-14-18-7-9-20(17(3)13-18)27(5,25)26/h6-9,12-13H,10-11,14H2,1-5H3,(H2,22,23,24). The maximum absolute atomic E-state index is 11.7. The first-order valence-electron chi connectivity index (χ1n) is 9.01. The van der Waals surface area contributed by atoms with Crippen molar-refractivity contribution < 1.29 is 8.42 Å². The molecule has 0 fully saturated rings. The van der Waals surface area contributed by atoms with E-state index in [1.807, 2.05) is 19.1 Å². The Morgan fingerprint density at radius 3 is 2.33 bits per heavy atom. The molecule has 2 rings (SSSR count). The molecule has 0 aliphatic carbocycles. The summed E-state index contributed by atoms with van der Waals surface area (Å²) in [6.45, 7) is 7.42. The summed E-state index contributed by atoms with van der Waals surface area (Å²) >= 11 is 0. The number of nitrogens with one attached hydrogen (secondary N) is 2. The van der Waals surface area contributed by atoms with Gasteiger partial charge in [-0.25, -0.2) is 8.42 Å². The lowest BCUT2D eigenvalue weighted by Gasteiger charge is -2.14. The van der Waals surface area contributed by atoms with E-state index in [9.17, 15) is 8.42 Å². The van der Waals surface area contributed by atoms with E-state index in [2.05, 4.69) is 47.7 Å². The van der Waals surface area contributed by atoms with Crippen LogP contribution in [0.3, 0.4) is 0 Å². The largest absolute Gasteiger partial charge is 0.356 e. The van der Waals surface area contributed by atoms with Gasteiger partial charge in [0.05, 0.1) is 4.90 Å². The highest BCUT2D eigenvalue weighted by Gasteiger charge is 2.11. The van der Waals surface area contributed by atoms with Gasteiger partial charge in [0.2, 0.25) is 0 Å². The van der Waals surface area contributed by atoms with Gasteiger partial charge in [-0.3, -0.25) is 4.99 Å². The minimum absolute atomic E-state index is 0.377. The molecule has 27 heavy (non-hydrogen) atoms. The van der Waals surface area contributed by atoms with Gasteiger partial charge in [-0.15, -0.1) is 0 Å². The second kappa shape index (κ2) is 9.04. The lowest BCUT2D eigenvalue weighted by Crippen LogP contribution is -2.37. The zero-order valence-electron chi connectivity index (χ0n) is 16.8. The first-order chi connectivity index (χ1) is 12.7. The number of nitrogens with zero attached hydrogens (tertiary/aromatic N) is 1. The van der Waals surface area contributed by atoms with Crippen molar-refractivity contribution in [1.82, 2.24) is 10.6 Å². The summed E-state index contributed by atoms with van der Waals surface area (Å²) in [5.74, 6) is 0.726. The fourth-order valence-corrected chi connectivity index (χ4v) is 4.04. The molecule has 0 aliphatic rings. The molecule has 2 aromatic rings. The average molecular weight is 388 g/mol. The number of aliphatic imine (C=N–C) groups is 1. The molecule has 2 N–H and O–H groups in total. The van der Waals surface area contributed by atoms with E-state index in [0.717, 1.165) is 30.1 Å². The van der Waals surface area contributed by atoms with Crippen LogP contribution in [0.4, 0.5) is 0 Å². The number of aryl methyl sites for hydroxylation is 3. The third-order valence-corrected chi connectivity index (χ3v) is 5.76. The molecule has 0 aliphatic heterocycles. The highest BCUT2D eigenvalue weighted by Crippen LogP contribution is 2.16. The molecule has 0 spiro atoms. The number of guanidine groups is 1. The summed E-state index contributed by atoms with van der Waals surface area (Å²) in [6, 6.07) is 11.9. The van der Waals surface area contributed by atoms with Crippen LogP contribution in [0.5, 0.6) is 0 Å². The maximum Gasteiger partial charge on any atom is 0.191 e. The van der Waals surface area contributed by atoms with Gasteiger partial charge in [-0.1, -0.05) is 35.9 Å². The van der Waals surface area contributed by atoms with Crippen molar-refractivity contribution in [1.29, 1.82) is 0 Å². The topological polar surface area (TPSA) is 70.6 Å². The molecule has 5 nitrogen and oxygen atoms in total. The number of rotatable bonds is 6. The maximum atomic E-state index is 11.7. The van der Waals surface area contributed by atoms with Crippen LogP contribution in [0.15, 0.2) is 46.3 Å². The Bertz CT molecular complexity index is 934. The first-order valence-corrected chi connectivity index (χ1v) is 10.9. The average Bonchev–Trinajstić information content (AvgIpc) is 2.58. The molecule has 0 saturated heterocycles. The van der Waals surface area contributed by atoms with Crippen LogP contribution >= 0.6 is 0 Å². The van der Waals surface area contributed by atoms with Crippen molar-refractivity contribution in [2.45, 2.75) is 38.6 Å². The molecule has 6 heteroatoms. The predicted molar refractivity (Wildman–Crippen MR) is 112 cm³/mol. The lowest BCUT2D eigenvalue weighted by molar-refractivity contribution is 0.601. The van der Waals surface area contributed by atoms with Crippen molar-refractivity contribution in [3.05, 3.63) is 64.2 Å². The van der Waals surface area contributed by atoms with Gasteiger partial charge in [0, 0.05) is 26.4 Å². The van der Waals surface area contributed by atoms with Crippen molar-refractivity contribution in [2.75, 3.05) is 19.8 Å². The van der Waals surface area contributed by atoms with Gasteiger partial charge >= 0.3 is 0 Å². The number of benzene rings is 2. The van der Waals surface area contributed by atoms with E-state index in [1.165, 1.54) is 22.9 Å². The van der Waals surface area contributed by atoms with Crippen LogP contribution in [0, 0.1) is 20.8 Å². The summed E-state index contributed by atoms with van der Waals surface area (Å²) in [5.41, 5.74) is 5.68. The second-order valence-corrected chi connectivity index (χ2v) is 8.89. The zero-order valence-corrected chi connectivity index (χ0v) is 17.6. The summed E-state index contributed by atoms with van der Waals surface area (Å²) < 4.78 is 23.4. The van der Waals surface area contributed by atoms with Crippen LogP contribution in [0.1, 0.15) is 27.8 Å². The SMILES string of the molecule is CN=C(NCCc1ccc(C)cc1C)NCc1ccc(S(C)(=O)=O)c(C)c1. The number of hydrogen-bond donors (Lipinski definition) is 2. The predicted octanol–water partition coefficient (Wildman–Crippen LogP) is 2.92. The van der Waals surface area contributed by atoms with Crippen molar-refractivity contribution in [3.63, 3.8) is 0 Å². The minimum atomic E-state index is -3.19. The van der Waals surface area contributed by atoms with Crippen LogP contribution in [-0.2, 0) is 22.8 Å². The van der Waals surface area contributed by atoms with Gasteiger partial charge in [0.15, 0.2) is 15.8 Å². The fourth-order valence-electron chi connectivity index (χ4n) is 3.09. The number of sulfone groups is 1. The van der Waals surface area contributed by atoms with Crippen LogP contribution in [0.2, 0.25) is 0 Å². The molecule has 0 atom stereocenters. The minimum Gasteiger partial charge on any atom is -0.356 e. The van der Waals surface area contributed by atoms with Gasteiger partial charge < -0.3 is 10.6 Å². The third-order valence-electron chi connectivity index (χ3n) is 4.51. The first kappa shape index (κ1) is 21.0. The monoisotopic (exact) mass is 387 g/mol. The highest BCUT2D eigenvalue weighted by atomic mass is 32.2. The van der Waals surface area contributed by atoms with E-state index >= 15 is 0 Å². The van der Waals surface area contributed by atoms with E-state index < -0.39 is 9.84 Å². The van der Waals surface area contributed by atoms with E-state index in [-0.39, 0.29) is 0 Å². The van der Waals surface area contributed by atoms with Gasteiger partial charge in [-0.05, 0) is 55.5 Å². The van der Waals surface area contributed by atoms with Crippen LogP contribution < -0.4 is 10.6 Å². The molecule has 146 valence electrons. The second-order valence-electron chi connectivity index (χ2n) is 6.90. The quantitative estimate of drug-likeness (QED) is 0.591. The molecular formula is C21H29N3O2S.